The third kappa shape index (κ3) is 4.99. The van der Waals surface area contributed by atoms with Crippen LogP contribution < -0.4 is 19.5 Å². The van der Waals surface area contributed by atoms with E-state index < -0.39 is 0 Å². The number of para-hydroxylation sites is 1. The molecule has 1 aliphatic heterocycles. The molecule has 0 unspecified atom stereocenters. The molecular formula is C20H21NO5. The molecule has 1 amide bonds. The Kier molecular flexibility index (Phi) is 6.09. The van der Waals surface area contributed by atoms with Gasteiger partial charge in [-0.25, -0.2) is 0 Å². The van der Waals surface area contributed by atoms with Crippen molar-refractivity contribution in [2.24, 2.45) is 0 Å². The fourth-order valence-corrected chi connectivity index (χ4v) is 2.55. The quantitative estimate of drug-likeness (QED) is 0.582. The van der Waals surface area contributed by atoms with Crippen LogP contribution >= 0.6 is 0 Å². The van der Waals surface area contributed by atoms with Crippen molar-refractivity contribution < 1.29 is 23.8 Å². The maximum absolute atomic E-state index is 12.2. The van der Waals surface area contributed by atoms with Gasteiger partial charge in [0.05, 0.1) is 6.54 Å². The smallest absolute Gasteiger partial charge is 0.220 e. The molecule has 6 heteroatoms. The van der Waals surface area contributed by atoms with Crippen LogP contribution in [-0.2, 0) is 4.79 Å². The van der Waals surface area contributed by atoms with Crippen molar-refractivity contribution in [2.75, 3.05) is 26.4 Å². The highest BCUT2D eigenvalue weighted by Crippen LogP contribution is 2.31. The summed E-state index contributed by atoms with van der Waals surface area (Å²) in [6, 6.07) is 14.5. The zero-order valence-corrected chi connectivity index (χ0v) is 14.4. The Morgan fingerprint density at radius 2 is 1.73 bits per heavy atom. The lowest BCUT2D eigenvalue weighted by atomic mass is 10.1. The molecule has 0 atom stereocenters. The third-order valence-electron chi connectivity index (χ3n) is 3.88. The summed E-state index contributed by atoms with van der Waals surface area (Å²) < 4.78 is 16.4. The Balaban J connectivity index is 1.38. The van der Waals surface area contributed by atoms with Gasteiger partial charge in [-0.1, -0.05) is 18.2 Å². The lowest BCUT2D eigenvalue weighted by Crippen LogP contribution is -2.28. The first kappa shape index (κ1) is 17.8. The molecule has 0 saturated heterocycles. The first-order valence-corrected chi connectivity index (χ1v) is 8.60. The summed E-state index contributed by atoms with van der Waals surface area (Å²) >= 11 is 0. The zero-order chi connectivity index (χ0) is 18.2. The average Bonchev–Trinajstić information content (AvgIpc) is 2.70. The molecule has 1 N–H and O–H groups in total. The second-order valence-corrected chi connectivity index (χ2v) is 5.79. The molecule has 0 fully saturated rings. The Labute approximate surface area is 152 Å². The van der Waals surface area contributed by atoms with E-state index in [4.69, 9.17) is 14.2 Å². The summed E-state index contributed by atoms with van der Waals surface area (Å²) in [5, 5.41) is 2.75. The number of nitrogens with one attached hydrogen (secondary N) is 1. The monoisotopic (exact) mass is 355 g/mol. The summed E-state index contributed by atoms with van der Waals surface area (Å²) in [6.45, 7) is 1.75. The molecule has 0 bridgehead atoms. The number of amides is 1. The van der Waals surface area contributed by atoms with Gasteiger partial charge in [0.25, 0.3) is 0 Å². The molecule has 0 aliphatic carbocycles. The topological polar surface area (TPSA) is 73.9 Å². The van der Waals surface area contributed by atoms with Crippen LogP contribution in [0, 0.1) is 0 Å². The van der Waals surface area contributed by atoms with Crippen molar-refractivity contribution in [2.45, 2.75) is 12.8 Å². The normalized spacial score (nSPS) is 12.3. The van der Waals surface area contributed by atoms with Gasteiger partial charge in [0.15, 0.2) is 17.3 Å². The van der Waals surface area contributed by atoms with E-state index in [1.807, 2.05) is 30.3 Å². The summed E-state index contributed by atoms with van der Waals surface area (Å²) in [7, 11) is 0. The molecule has 2 aromatic rings. The highest BCUT2D eigenvalue weighted by molar-refractivity contribution is 5.98. The summed E-state index contributed by atoms with van der Waals surface area (Å²) in [4.78, 5) is 24.1. The first-order valence-electron chi connectivity index (χ1n) is 8.60. The van der Waals surface area contributed by atoms with Crippen LogP contribution in [0.25, 0.3) is 0 Å². The van der Waals surface area contributed by atoms with E-state index in [-0.39, 0.29) is 24.5 Å². The molecule has 0 saturated carbocycles. The second kappa shape index (κ2) is 8.89. The van der Waals surface area contributed by atoms with Crippen LogP contribution in [0.1, 0.15) is 23.2 Å². The van der Waals surface area contributed by atoms with Gasteiger partial charge in [0.2, 0.25) is 5.91 Å². The number of Topliss-reactive ketones (excluding diaryl/α,β-unsaturated/α-hetero) is 1. The predicted octanol–water partition coefficient (Wildman–Crippen LogP) is 2.62. The molecule has 136 valence electrons. The number of rotatable bonds is 8. The minimum absolute atomic E-state index is 0.0994. The van der Waals surface area contributed by atoms with Gasteiger partial charge >= 0.3 is 0 Å². The SMILES string of the molecule is O=C(CCC(=O)c1ccc2c(c1)OCCO2)NCCOc1ccccc1. The minimum atomic E-state index is -0.174. The maximum Gasteiger partial charge on any atom is 0.220 e. The molecular weight excluding hydrogens is 334 g/mol. The molecule has 0 spiro atoms. The molecule has 6 nitrogen and oxygen atoms in total. The lowest BCUT2D eigenvalue weighted by molar-refractivity contribution is -0.121. The number of carbonyl (C=O) groups is 2. The van der Waals surface area contributed by atoms with Gasteiger partial charge in [0.1, 0.15) is 25.6 Å². The lowest BCUT2D eigenvalue weighted by Gasteiger charge is -2.18. The van der Waals surface area contributed by atoms with E-state index in [1.165, 1.54) is 0 Å². The van der Waals surface area contributed by atoms with E-state index >= 15 is 0 Å². The van der Waals surface area contributed by atoms with E-state index in [2.05, 4.69) is 5.32 Å². The summed E-state index contributed by atoms with van der Waals surface area (Å²) in [5.74, 6) is 1.70. The Hall–Kier alpha value is -3.02. The van der Waals surface area contributed by atoms with Crippen molar-refractivity contribution in [3.8, 4) is 17.2 Å². The molecule has 0 aromatic heterocycles. The summed E-state index contributed by atoms with van der Waals surface area (Å²) in [5.41, 5.74) is 0.523. The van der Waals surface area contributed by atoms with Crippen molar-refractivity contribution in [1.29, 1.82) is 0 Å². The van der Waals surface area contributed by atoms with Crippen LogP contribution in [-0.4, -0.2) is 38.1 Å². The van der Waals surface area contributed by atoms with Crippen molar-refractivity contribution >= 4 is 11.7 Å². The van der Waals surface area contributed by atoms with E-state index in [0.717, 1.165) is 5.75 Å². The van der Waals surface area contributed by atoms with Gasteiger partial charge in [-0.3, -0.25) is 9.59 Å². The number of hydrogen-bond donors (Lipinski definition) is 1. The van der Waals surface area contributed by atoms with Crippen molar-refractivity contribution in [3.63, 3.8) is 0 Å². The van der Waals surface area contributed by atoms with Crippen molar-refractivity contribution in [3.05, 3.63) is 54.1 Å². The van der Waals surface area contributed by atoms with Crippen LogP contribution in [0.4, 0.5) is 0 Å². The standard InChI is InChI=1S/C20H21NO5/c22-17(15-6-8-18-19(14-15)26-13-12-25-18)7-9-20(23)21-10-11-24-16-4-2-1-3-5-16/h1-6,8,14H,7,9-13H2,(H,21,23). The van der Waals surface area contributed by atoms with E-state index in [9.17, 15) is 9.59 Å². The molecule has 1 heterocycles. The molecule has 2 aromatic carbocycles. The molecule has 26 heavy (non-hydrogen) atoms. The molecule has 0 radical (unpaired) electrons. The highest BCUT2D eigenvalue weighted by Gasteiger charge is 2.15. The molecule has 3 rings (SSSR count). The van der Waals surface area contributed by atoms with E-state index in [1.54, 1.807) is 18.2 Å². The van der Waals surface area contributed by atoms with Gasteiger partial charge in [-0.2, -0.15) is 0 Å². The minimum Gasteiger partial charge on any atom is -0.492 e. The van der Waals surface area contributed by atoms with Gasteiger partial charge < -0.3 is 19.5 Å². The largest absolute Gasteiger partial charge is 0.492 e. The Morgan fingerprint density at radius 1 is 0.962 bits per heavy atom. The number of benzene rings is 2. The first-order chi connectivity index (χ1) is 12.7. The zero-order valence-electron chi connectivity index (χ0n) is 14.4. The Bertz CT molecular complexity index is 760. The fraction of sp³-hybridized carbons (Fsp3) is 0.300. The van der Waals surface area contributed by atoms with Crippen molar-refractivity contribution in [1.82, 2.24) is 5.32 Å². The third-order valence-corrected chi connectivity index (χ3v) is 3.88. The predicted molar refractivity (Wildman–Crippen MR) is 95.9 cm³/mol. The van der Waals surface area contributed by atoms with Crippen LogP contribution in [0.2, 0.25) is 0 Å². The number of ketones is 1. The highest BCUT2D eigenvalue weighted by atomic mass is 16.6. The van der Waals surface area contributed by atoms with Gasteiger partial charge in [0, 0.05) is 18.4 Å². The van der Waals surface area contributed by atoms with Crippen LogP contribution in [0.15, 0.2) is 48.5 Å². The number of carbonyl (C=O) groups excluding carboxylic acids is 2. The number of hydrogen-bond acceptors (Lipinski definition) is 5. The maximum atomic E-state index is 12.2. The van der Waals surface area contributed by atoms with Gasteiger partial charge in [-0.15, -0.1) is 0 Å². The molecule has 1 aliphatic rings. The summed E-state index contributed by atoms with van der Waals surface area (Å²) in [6.07, 6.45) is 0.281. The number of fused-ring (bicyclic) bond motifs is 1. The van der Waals surface area contributed by atoms with Crippen LogP contribution in [0.5, 0.6) is 17.2 Å². The number of ether oxygens (including phenoxy) is 3. The second-order valence-electron chi connectivity index (χ2n) is 5.79. The van der Waals surface area contributed by atoms with E-state index in [0.29, 0.717) is 43.4 Å². The van der Waals surface area contributed by atoms with Gasteiger partial charge in [-0.05, 0) is 30.3 Å². The fourth-order valence-electron chi connectivity index (χ4n) is 2.55. The average molecular weight is 355 g/mol. The van der Waals surface area contributed by atoms with Crippen LogP contribution in [0.3, 0.4) is 0 Å². The Morgan fingerprint density at radius 3 is 2.54 bits per heavy atom.